The number of anilines is 1. The maximum absolute atomic E-state index is 11.6. The molecule has 0 unspecified atom stereocenters. The van der Waals surface area contributed by atoms with Gasteiger partial charge in [0.15, 0.2) is 0 Å². The molecule has 2 aliphatic rings. The van der Waals surface area contributed by atoms with E-state index in [0.717, 1.165) is 57.9 Å². The molecule has 1 amide bonds. The number of nitrogens with zero attached hydrogens (tertiary/aromatic N) is 3. The summed E-state index contributed by atoms with van der Waals surface area (Å²) in [5, 5.41) is 3.45. The van der Waals surface area contributed by atoms with E-state index in [-0.39, 0.29) is 0 Å². The molecule has 2 aliphatic heterocycles. The molecule has 0 aromatic carbocycles. The number of likely N-dealkylation sites (tertiary alicyclic amines) is 2. The highest BCUT2D eigenvalue weighted by atomic mass is 16.2. The average molecular weight is 302 g/mol. The first kappa shape index (κ1) is 15.3. The molecule has 1 atom stereocenters. The van der Waals surface area contributed by atoms with Crippen LogP contribution in [-0.2, 0) is 4.79 Å². The maximum atomic E-state index is 11.6. The fourth-order valence-corrected chi connectivity index (χ4v) is 3.37. The smallest absolute Gasteiger partial charge is 0.222 e. The molecule has 1 aromatic heterocycles. The van der Waals surface area contributed by atoms with Crippen molar-refractivity contribution in [1.29, 1.82) is 0 Å². The number of hydrogen-bond donors (Lipinski definition) is 1. The molecule has 120 valence electrons. The first-order valence-electron chi connectivity index (χ1n) is 8.37. The molecule has 5 nitrogen and oxygen atoms in total. The normalized spacial score (nSPS) is 22.5. The van der Waals surface area contributed by atoms with E-state index < -0.39 is 0 Å². The predicted octanol–water partition coefficient (Wildman–Crippen LogP) is 1.75. The Hall–Kier alpha value is -1.62. The Balaban J connectivity index is 1.38. The largest absolute Gasteiger partial charge is 0.370 e. The minimum absolute atomic E-state index is 0.336. The lowest BCUT2D eigenvalue weighted by Gasteiger charge is -2.21. The van der Waals surface area contributed by atoms with E-state index in [4.69, 9.17) is 0 Å². The van der Waals surface area contributed by atoms with Crippen molar-refractivity contribution in [2.45, 2.75) is 26.2 Å². The molecule has 22 heavy (non-hydrogen) atoms. The summed E-state index contributed by atoms with van der Waals surface area (Å²) in [6.07, 6.45) is 4.86. The van der Waals surface area contributed by atoms with Crippen LogP contribution in [0.5, 0.6) is 0 Å². The first-order valence-corrected chi connectivity index (χ1v) is 8.37. The van der Waals surface area contributed by atoms with Crippen LogP contribution in [0.4, 0.5) is 5.82 Å². The van der Waals surface area contributed by atoms with Crippen LogP contribution in [-0.4, -0.2) is 60.0 Å². The van der Waals surface area contributed by atoms with Gasteiger partial charge in [-0.25, -0.2) is 4.98 Å². The van der Waals surface area contributed by atoms with Gasteiger partial charge in [-0.15, -0.1) is 0 Å². The topological polar surface area (TPSA) is 48.5 Å². The third kappa shape index (κ3) is 3.97. The van der Waals surface area contributed by atoms with Crippen LogP contribution in [0, 0.1) is 12.8 Å². The molecule has 0 bridgehead atoms. The van der Waals surface area contributed by atoms with Gasteiger partial charge in [0.25, 0.3) is 0 Å². The molecular formula is C17H26N4O. The van der Waals surface area contributed by atoms with Crippen molar-refractivity contribution in [3.05, 3.63) is 23.9 Å². The Morgan fingerprint density at radius 3 is 3.05 bits per heavy atom. The van der Waals surface area contributed by atoms with Crippen LogP contribution in [0.25, 0.3) is 0 Å². The highest BCUT2D eigenvalue weighted by Gasteiger charge is 2.25. The maximum Gasteiger partial charge on any atom is 0.222 e. The van der Waals surface area contributed by atoms with E-state index in [9.17, 15) is 4.79 Å². The van der Waals surface area contributed by atoms with Crippen molar-refractivity contribution in [2.24, 2.45) is 5.92 Å². The Labute approximate surface area is 132 Å². The Bertz CT molecular complexity index is 519. The second kappa shape index (κ2) is 7.09. The minimum atomic E-state index is 0.336. The molecule has 0 radical (unpaired) electrons. The molecule has 3 heterocycles. The molecule has 0 saturated carbocycles. The monoisotopic (exact) mass is 302 g/mol. The third-order valence-electron chi connectivity index (χ3n) is 4.71. The number of nitrogens with one attached hydrogen (secondary N) is 1. The number of carbonyl (C=O) groups is 1. The zero-order valence-electron chi connectivity index (χ0n) is 13.4. The molecule has 2 fully saturated rings. The van der Waals surface area contributed by atoms with Gasteiger partial charge in [0, 0.05) is 45.3 Å². The van der Waals surface area contributed by atoms with E-state index in [0.29, 0.717) is 11.8 Å². The van der Waals surface area contributed by atoms with Gasteiger partial charge in [0.1, 0.15) is 5.82 Å². The summed E-state index contributed by atoms with van der Waals surface area (Å²) in [5.74, 6) is 1.99. The number of aromatic nitrogens is 1. The van der Waals surface area contributed by atoms with Crippen molar-refractivity contribution < 1.29 is 4.79 Å². The number of hydrogen-bond acceptors (Lipinski definition) is 4. The summed E-state index contributed by atoms with van der Waals surface area (Å²) in [4.78, 5) is 20.5. The fourth-order valence-electron chi connectivity index (χ4n) is 3.37. The highest BCUT2D eigenvalue weighted by Crippen LogP contribution is 2.18. The van der Waals surface area contributed by atoms with E-state index in [1.165, 1.54) is 12.0 Å². The first-order chi connectivity index (χ1) is 10.7. The van der Waals surface area contributed by atoms with Gasteiger partial charge in [-0.2, -0.15) is 0 Å². The average Bonchev–Trinajstić information content (AvgIpc) is 3.12. The molecule has 1 aromatic rings. The van der Waals surface area contributed by atoms with Crippen molar-refractivity contribution in [3.8, 4) is 0 Å². The van der Waals surface area contributed by atoms with Gasteiger partial charge in [-0.1, -0.05) is 0 Å². The highest BCUT2D eigenvalue weighted by molar-refractivity contribution is 5.78. The van der Waals surface area contributed by atoms with Crippen molar-refractivity contribution in [3.63, 3.8) is 0 Å². The molecule has 5 heteroatoms. The summed E-state index contributed by atoms with van der Waals surface area (Å²) < 4.78 is 0. The Morgan fingerprint density at radius 2 is 2.27 bits per heavy atom. The summed E-state index contributed by atoms with van der Waals surface area (Å²) in [5.41, 5.74) is 1.24. The molecular weight excluding hydrogens is 276 g/mol. The summed E-state index contributed by atoms with van der Waals surface area (Å²) in [6, 6.07) is 4.10. The van der Waals surface area contributed by atoms with Crippen LogP contribution < -0.4 is 5.32 Å². The van der Waals surface area contributed by atoms with Crippen molar-refractivity contribution in [2.75, 3.05) is 44.6 Å². The standard InChI is InChI=1S/C17H26N4O/c1-14-4-6-18-16(11-14)19-12-15-5-8-20(13-15)9-10-21-7-2-3-17(21)22/h4,6,11,15H,2-3,5,7-10,12-13H2,1H3,(H,18,19)/t15-/m0/s1. The summed E-state index contributed by atoms with van der Waals surface area (Å²) in [7, 11) is 0. The SMILES string of the molecule is Cc1ccnc(NC[C@@H]2CCN(CCN3CCCC3=O)C2)c1. The lowest BCUT2D eigenvalue weighted by Crippen LogP contribution is -2.35. The number of aryl methyl sites for hydroxylation is 1. The van der Waals surface area contributed by atoms with Gasteiger partial charge in [0.2, 0.25) is 5.91 Å². The lowest BCUT2D eigenvalue weighted by atomic mass is 10.1. The molecule has 3 rings (SSSR count). The molecule has 0 aliphatic carbocycles. The molecule has 0 spiro atoms. The zero-order chi connectivity index (χ0) is 15.4. The predicted molar refractivity (Wildman–Crippen MR) is 87.8 cm³/mol. The van der Waals surface area contributed by atoms with Crippen LogP contribution in [0.15, 0.2) is 18.3 Å². The van der Waals surface area contributed by atoms with E-state index in [1.54, 1.807) is 0 Å². The van der Waals surface area contributed by atoms with Crippen LogP contribution in [0.3, 0.4) is 0 Å². The summed E-state index contributed by atoms with van der Waals surface area (Å²) in [6.45, 7) is 8.22. The minimum Gasteiger partial charge on any atom is -0.370 e. The van der Waals surface area contributed by atoms with Crippen LogP contribution >= 0.6 is 0 Å². The number of pyridine rings is 1. The molecule has 1 N–H and O–H groups in total. The van der Waals surface area contributed by atoms with Gasteiger partial charge in [-0.3, -0.25) is 4.79 Å². The Kier molecular flexibility index (Phi) is 4.93. The van der Waals surface area contributed by atoms with Gasteiger partial charge >= 0.3 is 0 Å². The van der Waals surface area contributed by atoms with E-state index in [2.05, 4.69) is 28.2 Å². The molecule has 2 saturated heterocycles. The second-order valence-corrected chi connectivity index (χ2v) is 6.54. The summed E-state index contributed by atoms with van der Waals surface area (Å²) >= 11 is 0. The fraction of sp³-hybridized carbons (Fsp3) is 0.647. The van der Waals surface area contributed by atoms with Crippen LogP contribution in [0.2, 0.25) is 0 Å². The number of amides is 1. The number of carbonyl (C=O) groups excluding carboxylic acids is 1. The van der Waals surface area contributed by atoms with Gasteiger partial charge in [-0.05, 0) is 49.9 Å². The second-order valence-electron chi connectivity index (χ2n) is 6.54. The number of rotatable bonds is 6. The van der Waals surface area contributed by atoms with Gasteiger partial charge < -0.3 is 15.1 Å². The van der Waals surface area contributed by atoms with Crippen LogP contribution in [0.1, 0.15) is 24.8 Å². The van der Waals surface area contributed by atoms with E-state index in [1.807, 2.05) is 17.2 Å². The quantitative estimate of drug-likeness (QED) is 0.870. The Morgan fingerprint density at radius 1 is 1.36 bits per heavy atom. The van der Waals surface area contributed by atoms with Crippen molar-refractivity contribution >= 4 is 11.7 Å². The van der Waals surface area contributed by atoms with E-state index >= 15 is 0 Å². The van der Waals surface area contributed by atoms with Gasteiger partial charge in [0.05, 0.1) is 0 Å². The zero-order valence-corrected chi connectivity index (χ0v) is 13.4. The lowest BCUT2D eigenvalue weighted by molar-refractivity contribution is -0.127. The van der Waals surface area contributed by atoms with Crippen molar-refractivity contribution in [1.82, 2.24) is 14.8 Å². The third-order valence-corrected chi connectivity index (χ3v) is 4.71.